The van der Waals surface area contributed by atoms with Gasteiger partial charge in [0.2, 0.25) is 5.91 Å². The van der Waals surface area contributed by atoms with E-state index >= 15 is 0 Å². The largest absolute Gasteiger partial charge is 0.496 e. The molecular formula is C19H30N2O7. The lowest BCUT2D eigenvalue weighted by atomic mass is 10.1. The van der Waals surface area contributed by atoms with Crippen molar-refractivity contribution in [3.05, 3.63) is 17.7 Å². The van der Waals surface area contributed by atoms with Gasteiger partial charge in [0.15, 0.2) is 11.5 Å². The van der Waals surface area contributed by atoms with Gasteiger partial charge in [-0.3, -0.25) is 14.5 Å². The molecule has 0 saturated carbocycles. The Kier molecular flexibility index (Phi) is 10.7. The van der Waals surface area contributed by atoms with Gasteiger partial charge < -0.3 is 29.0 Å². The molecule has 0 heterocycles. The van der Waals surface area contributed by atoms with E-state index in [-0.39, 0.29) is 31.5 Å². The highest BCUT2D eigenvalue weighted by atomic mass is 16.5. The van der Waals surface area contributed by atoms with E-state index in [4.69, 9.17) is 23.7 Å². The van der Waals surface area contributed by atoms with Crippen molar-refractivity contribution in [2.45, 2.75) is 13.5 Å². The number of benzene rings is 1. The number of rotatable bonds is 13. The first-order chi connectivity index (χ1) is 13.5. The molecule has 0 unspecified atom stereocenters. The third-order valence-electron chi connectivity index (χ3n) is 3.90. The average molecular weight is 398 g/mol. The number of hydrogen-bond donors (Lipinski definition) is 1. The number of hydrogen-bond acceptors (Lipinski definition) is 8. The molecule has 0 radical (unpaired) electrons. The molecule has 28 heavy (non-hydrogen) atoms. The molecule has 1 rings (SSSR count). The van der Waals surface area contributed by atoms with Crippen LogP contribution in [0.1, 0.15) is 12.5 Å². The third-order valence-corrected chi connectivity index (χ3v) is 3.90. The molecule has 0 atom stereocenters. The van der Waals surface area contributed by atoms with Crippen molar-refractivity contribution in [2.24, 2.45) is 0 Å². The van der Waals surface area contributed by atoms with Crippen molar-refractivity contribution >= 4 is 11.9 Å². The fourth-order valence-corrected chi connectivity index (χ4v) is 2.51. The molecule has 9 nitrogen and oxygen atoms in total. The van der Waals surface area contributed by atoms with E-state index in [1.54, 1.807) is 38.2 Å². The average Bonchev–Trinajstić information content (AvgIpc) is 2.69. The van der Waals surface area contributed by atoms with Crippen LogP contribution in [-0.2, 0) is 25.6 Å². The summed E-state index contributed by atoms with van der Waals surface area (Å²) >= 11 is 0. The fraction of sp³-hybridized carbons (Fsp3) is 0.579. The summed E-state index contributed by atoms with van der Waals surface area (Å²) in [7, 11) is 6.18. The topological polar surface area (TPSA) is 95.6 Å². The number of esters is 1. The summed E-state index contributed by atoms with van der Waals surface area (Å²) < 4.78 is 25.9. The normalized spacial score (nSPS) is 10.5. The highest BCUT2D eigenvalue weighted by Crippen LogP contribution is 2.34. The number of carbonyl (C=O) groups is 2. The minimum Gasteiger partial charge on any atom is -0.496 e. The van der Waals surface area contributed by atoms with Crippen molar-refractivity contribution in [3.63, 3.8) is 0 Å². The molecule has 0 aliphatic rings. The maximum atomic E-state index is 12.4. The van der Waals surface area contributed by atoms with E-state index in [9.17, 15) is 9.59 Å². The first-order valence-electron chi connectivity index (χ1n) is 8.91. The lowest BCUT2D eigenvalue weighted by Gasteiger charge is -2.20. The second-order valence-electron chi connectivity index (χ2n) is 5.80. The van der Waals surface area contributed by atoms with Crippen molar-refractivity contribution in [1.82, 2.24) is 10.2 Å². The molecule has 158 valence electrons. The van der Waals surface area contributed by atoms with Crippen LogP contribution in [0.15, 0.2) is 12.1 Å². The Balaban J connectivity index is 2.73. The third kappa shape index (κ3) is 7.61. The van der Waals surface area contributed by atoms with Gasteiger partial charge in [0, 0.05) is 31.8 Å². The monoisotopic (exact) mass is 398 g/mol. The molecule has 1 amide bonds. The van der Waals surface area contributed by atoms with Crippen LogP contribution in [0, 0.1) is 0 Å². The molecule has 0 aliphatic carbocycles. The highest BCUT2D eigenvalue weighted by molar-refractivity contribution is 5.79. The minimum absolute atomic E-state index is 0.0182. The molecule has 1 N–H and O–H groups in total. The van der Waals surface area contributed by atoms with Gasteiger partial charge in [0.25, 0.3) is 0 Å². The molecule has 1 aromatic rings. The van der Waals surface area contributed by atoms with E-state index < -0.39 is 0 Å². The number of ether oxygens (including phenoxy) is 5. The second kappa shape index (κ2) is 12.8. The van der Waals surface area contributed by atoms with E-state index in [1.165, 1.54) is 14.2 Å². The van der Waals surface area contributed by atoms with Crippen LogP contribution in [-0.4, -0.2) is 78.1 Å². The summed E-state index contributed by atoms with van der Waals surface area (Å²) in [5, 5.41) is 2.82. The standard InChI is InChI=1S/C19H30N2O7/c1-6-28-19(23)13-21(7-8-24-2)12-18(22)20-11-14-9-16(26-4)17(27-5)10-15(14)25-3/h9-10H,6-8,11-13H2,1-5H3,(H,20,22). The van der Waals surface area contributed by atoms with Gasteiger partial charge in [-0.25, -0.2) is 0 Å². The smallest absolute Gasteiger partial charge is 0.320 e. The molecule has 0 aromatic heterocycles. The van der Waals surface area contributed by atoms with Gasteiger partial charge in [-0.1, -0.05) is 0 Å². The van der Waals surface area contributed by atoms with E-state index in [2.05, 4.69) is 5.32 Å². The molecular weight excluding hydrogens is 368 g/mol. The predicted octanol–water partition coefficient (Wildman–Crippen LogP) is 0.840. The summed E-state index contributed by atoms with van der Waals surface area (Å²) in [5.41, 5.74) is 0.738. The van der Waals surface area contributed by atoms with Crippen molar-refractivity contribution < 1.29 is 33.3 Å². The van der Waals surface area contributed by atoms with E-state index in [1.807, 2.05) is 0 Å². The van der Waals surface area contributed by atoms with Gasteiger partial charge in [-0.05, 0) is 13.0 Å². The minimum atomic E-state index is -0.382. The molecule has 0 saturated heterocycles. The fourth-order valence-electron chi connectivity index (χ4n) is 2.51. The number of nitrogens with one attached hydrogen (secondary N) is 1. The molecule has 0 fully saturated rings. The summed E-state index contributed by atoms with van der Waals surface area (Å²) in [6.07, 6.45) is 0. The van der Waals surface area contributed by atoms with Crippen LogP contribution in [0.25, 0.3) is 0 Å². The number of nitrogens with zero attached hydrogens (tertiary/aromatic N) is 1. The Bertz CT molecular complexity index is 637. The molecule has 0 spiro atoms. The maximum absolute atomic E-state index is 12.4. The Hall–Kier alpha value is -2.52. The Morgan fingerprint density at radius 3 is 2.18 bits per heavy atom. The van der Waals surface area contributed by atoms with Gasteiger partial charge in [0.05, 0.1) is 47.6 Å². The van der Waals surface area contributed by atoms with Crippen molar-refractivity contribution in [1.29, 1.82) is 0 Å². The first kappa shape index (κ1) is 23.5. The SMILES string of the molecule is CCOC(=O)CN(CCOC)CC(=O)NCc1cc(OC)c(OC)cc1OC. The van der Waals surface area contributed by atoms with Crippen LogP contribution in [0.5, 0.6) is 17.2 Å². The van der Waals surface area contributed by atoms with E-state index in [0.717, 1.165) is 5.56 Å². The zero-order valence-corrected chi connectivity index (χ0v) is 17.2. The zero-order valence-electron chi connectivity index (χ0n) is 17.2. The second-order valence-corrected chi connectivity index (χ2v) is 5.80. The Labute approximate surface area is 165 Å². The number of methoxy groups -OCH3 is 4. The van der Waals surface area contributed by atoms with Gasteiger partial charge >= 0.3 is 5.97 Å². The van der Waals surface area contributed by atoms with Crippen molar-refractivity contribution in [3.8, 4) is 17.2 Å². The molecule has 0 bridgehead atoms. The maximum Gasteiger partial charge on any atom is 0.320 e. The predicted molar refractivity (Wildman–Crippen MR) is 103 cm³/mol. The quantitative estimate of drug-likeness (QED) is 0.489. The van der Waals surface area contributed by atoms with Crippen LogP contribution >= 0.6 is 0 Å². The van der Waals surface area contributed by atoms with Crippen molar-refractivity contribution in [2.75, 3.05) is 61.3 Å². The first-order valence-corrected chi connectivity index (χ1v) is 8.91. The summed E-state index contributed by atoms with van der Waals surface area (Å²) in [4.78, 5) is 25.7. The van der Waals surface area contributed by atoms with Gasteiger partial charge in [-0.2, -0.15) is 0 Å². The Morgan fingerprint density at radius 1 is 0.964 bits per heavy atom. The molecule has 9 heteroatoms. The summed E-state index contributed by atoms with van der Waals surface area (Å²) in [5.74, 6) is 1.03. The zero-order chi connectivity index (χ0) is 20.9. The Morgan fingerprint density at radius 2 is 1.61 bits per heavy atom. The van der Waals surface area contributed by atoms with Gasteiger partial charge in [0.1, 0.15) is 5.75 Å². The van der Waals surface area contributed by atoms with Gasteiger partial charge in [-0.15, -0.1) is 0 Å². The lowest BCUT2D eigenvalue weighted by molar-refractivity contribution is -0.144. The summed E-state index contributed by atoms with van der Waals surface area (Å²) in [6, 6.07) is 3.45. The molecule has 1 aromatic carbocycles. The lowest BCUT2D eigenvalue weighted by Crippen LogP contribution is -2.41. The van der Waals surface area contributed by atoms with Crippen LogP contribution in [0.3, 0.4) is 0 Å². The summed E-state index contributed by atoms with van der Waals surface area (Å²) in [6.45, 7) is 3.16. The van der Waals surface area contributed by atoms with Crippen LogP contribution in [0.4, 0.5) is 0 Å². The number of amides is 1. The highest BCUT2D eigenvalue weighted by Gasteiger charge is 2.17. The van der Waals surface area contributed by atoms with Crippen LogP contribution < -0.4 is 19.5 Å². The number of carbonyl (C=O) groups excluding carboxylic acids is 2. The molecule has 0 aliphatic heterocycles. The van der Waals surface area contributed by atoms with E-state index in [0.29, 0.717) is 37.0 Å². The van der Waals surface area contributed by atoms with Crippen LogP contribution in [0.2, 0.25) is 0 Å².